The van der Waals surface area contributed by atoms with Gasteiger partial charge < -0.3 is 10.2 Å². The number of pyridine rings is 1. The molecule has 0 atom stereocenters. The lowest BCUT2D eigenvalue weighted by atomic mass is 10.1. The molecule has 0 saturated heterocycles. The van der Waals surface area contributed by atoms with Crippen molar-refractivity contribution in [3.8, 4) is 5.75 Å². The molecule has 20 heavy (non-hydrogen) atoms. The lowest BCUT2D eigenvalue weighted by molar-refractivity contribution is -0.153. The highest BCUT2D eigenvalue weighted by atomic mass is 19.4. The van der Waals surface area contributed by atoms with Gasteiger partial charge in [-0.3, -0.25) is 0 Å². The van der Waals surface area contributed by atoms with Gasteiger partial charge in [-0.2, -0.15) is 13.2 Å². The molecular formula is C13H14F3N3O. The molecule has 1 aromatic carbocycles. The Kier molecular flexibility index (Phi) is 3.99. The minimum atomic E-state index is -4.35. The summed E-state index contributed by atoms with van der Waals surface area (Å²) in [4.78, 5) is 4.30. The number of alkyl halides is 3. The molecule has 0 spiro atoms. The molecule has 0 aliphatic heterocycles. The molecule has 108 valence electrons. The smallest absolute Gasteiger partial charge is 0.422 e. The molecule has 1 aromatic heterocycles. The zero-order valence-corrected chi connectivity index (χ0v) is 10.8. The summed E-state index contributed by atoms with van der Waals surface area (Å²) < 4.78 is 41.1. The number of hydrogen-bond donors (Lipinski definition) is 2. The first kappa shape index (κ1) is 14.4. The standard InChI is InChI=1S/C13H14F3N3O/c1-2-8-5-9-6-10(20-7-13(14,15)16)3-4-11(9)18-12(8)19-17/h3-6H,2,7,17H2,1H3,(H,18,19). The van der Waals surface area contributed by atoms with Crippen molar-refractivity contribution in [1.29, 1.82) is 0 Å². The number of anilines is 1. The van der Waals surface area contributed by atoms with Gasteiger partial charge in [-0.15, -0.1) is 0 Å². The highest BCUT2D eigenvalue weighted by molar-refractivity contribution is 5.83. The molecule has 0 aliphatic rings. The maximum absolute atomic E-state index is 12.1. The second-order valence-corrected chi connectivity index (χ2v) is 4.25. The third kappa shape index (κ3) is 3.30. The highest BCUT2D eigenvalue weighted by Gasteiger charge is 2.28. The molecule has 0 bridgehead atoms. The number of aryl methyl sites for hydroxylation is 1. The van der Waals surface area contributed by atoms with Crippen molar-refractivity contribution in [2.75, 3.05) is 12.0 Å². The van der Waals surface area contributed by atoms with Gasteiger partial charge in [0.05, 0.1) is 5.52 Å². The summed E-state index contributed by atoms with van der Waals surface area (Å²) >= 11 is 0. The van der Waals surface area contributed by atoms with Gasteiger partial charge in [-0.05, 0) is 36.2 Å². The Morgan fingerprint density at radius 2 is 2.05 bits per heavy atom. The van der Waals surface area contributed by atoms with E-state index in [1.54, 1.807) is 6.07 Å². The Bertz CT molecular complexity index is 614. The fraction of sp³-hybridized carbons (Fsp3) is 0.308. The van der Waals surface area contributed by atoms with E-state index in [0.29, 0.717) is 23.1 Å². The quantitative estimate of drug-likeness (QED) is 0.669. The van der Waals surface area contributed by atoms with Crippen LogP contribution in [0.25, 0.3) is 10.9 Å². The Morgan fingerprint density at radius 3 is 2.65 bits per heavy atom. The average Bonchev–Trinajstić information content (AvgIpc) is 2.42. The summed E-state index contributed by atoms with van der Waals surface area (Å²) in [5, 5.41) is 0.709. The first-order chi connectivity index (χ1) is 9.43. The molecular weight excluding hydrogens is 271 g/mol. The van der Waals surface area contributed by atoms with Crippen molar-refractivity contribution in [3.63, 3.8) is 0 Å². The first-order valence-electron chi connectivity index (χ1n) is 6.03. The predicted octanol–water partition coefficient (Wildman–Crippen LogP) is 3.02. The van der Waals surface area contributed by atoms with E-state index in [9.17, 15) is 13.2 Å². The molecule has 0 fully saturated rings. The zero-order valence-electron chi connectivity index (χ0n) is 10.8. The van der Waals surface area contributed by atoms with Gasteiger partial charge >= 0.3 is 6.18 Å². The highest BCUT2D eigenvalue weighted by Crippen LogP contribution is 2.25. The van der Waals surface area contributed by atoms with Crippen LogP contribution in [0.15, 0.2) is 24.3 Å². The van der Waals surface area contributed by atoms with Gasteiger partial charge in [0.25, 0.3) is 0 Å². The lowest BCUT2D eigenvalue weighted by Gasteiger charge is -2.11. The van der Waals surface area contributed by atoms with Crippen LogP contribution in [0.4, 0.5) is 19.0 Å². The number of fused-ring (bicyclic) bond motifs is 1. The molecule has 4 nitrogen and oxygen atoms in total. The summed E-state index contributed by atoms with van der Waals surface area (Å²) in [6.45, 7) is 0.628. The van der Waals surface area contributed by atoms with Gasteiger partial charge in [-0.25, -0.2) is 10.8 Å². The Balaban J connectivity index is 2.33. The van der Waals surface area contributed by atoms with Crippen molar-refractivity contribution < 1.29 is 17.9 Å². The van der Waals surface area contributed by atoms with E-state index in [1.807, 2.05) is 13.0 Å². The number of nitrogens with one attached hydrogen (secondary N) is 1. The number of nitrogens with two attached hydrogens (primary N) is 1. The topological polar surface area (TPSA) is 60.2 Å². The number of halogens is 3. The number of aromatic nitrogens is 1. The van der Waals surface area contributed by atoms with Crippen LogP contribution in [0.3, 0.4) is 0 Å². The average molecular weight is 285 g/mol. The van der Waals surface area contributed by atoms with Crippen molar-refractivity contribution in [1.82, 2.24) is 4.98 Å². The Labute approximate surface area is 113 Å². The third-order valence-electron chi connectivity index (χ3n) is 2.79. The van der Waals surface area contributed by atoms with Gasteiger partial charge in [0, 0.05) is 5.39 Å². The molecule has 0 saturated carbocycles. The molecule has 0 aliphatic carbocycles. The van der Waals surface area contributed by atoms with Crippen LogP contribution in [0.1, 0.15) is 12.5 Å². The third-order valence-corrected chi connectivity index (χ3v) is 2.79. The molecule has 1 heterocycles. The van der Waals surface area contributed by atoms with E-state index in [1.165, 1.54) is 12.1 Å². The predicted molar refractivity (Wildman–Crippen MR) is 70.5 cm³/mol. The van der Waals surface area contributed by atoms with E-state index < -0.39 is 12.8 Å². The van der Waals surface area contributed by atoms with Crippen molar-refractivity contribution in [2.45, 2.75) is 19.5 Å². The van der Waals surface area contributed by atoms with Gasteiger partial charge in [0.15, 0.2) is 6.61 Å². The minimum absolute atomic E-state index is 0.159. The largest absolute Gasteiger partial charge is 0.484 e. The maximum atomic E-state index is 12.1. The number of ether oxygens (including phenoxy) is 1. The van der Waals surface area contributed by atoms with Crippen LogP contribution in [-0.4, -0.2) is 17.8 Å². The second kappa shape index (κ2) is 5.54. The lowest BCUT2D eigenvalue weighted by Crippen LogP contribution is -2.19. The van der Waals surface area contributed by atoms with E-state index in [0.717, 1.165) is 5.56 Å². The van der Waals surface area contributed by atoms with Crippen LogP contribution in [-0.2, 0) is 6.42 Å². The molecule has 0 radical (unpaired) electrons. The van der Waals surface area contributed by atoms with Crippen molar-refractivity contribution in [3.05, 3.63) is 29.8 Å². The van der Waals surface area contributed by atoms with Gasteiger partial charge in [0.2, 0.25) is 0 Å². The Morgan fingerprint density at radius 1 is 1.30 bits per heavy atom. The molecule has 0 amide bonds. The van der Waals surface area contributed by atoms with Crippen molar-refractivity contribution in [2.24, 2.45) is 5.84 Å². The van der Waals surface area contributed by atoms with E-state index in [2.05, 4.69) is 10.4 Å². The number of nitrogen functional groups attached to an aromatic ring is 1. The normalized spacial score (nSPS) is 11.7. The van der Waals surface area contributed by atoms with E-state index in [-0.39, 0.29) is 5.75 Å². The molecule has 3 N–H and O–H groups in total. The SMILES string of the molecule is CCc1cc2cc(OCC(F)(F)F)ccc2nc1NN. The summed E-state index contributed by atoms with van der Waals surface area (Å²) in [6.07, 6.45) is -3.65. The number of rotatable bonds is 4. The first-order valence-corrected chi connectivity index (χ1v) is 6.03. The van der Waals surface area contributed by atoms with Crippen LogP contribution in [0.5, 0.6) is 5.75 Å². The molecule has 7 heteroatoms. The van der Waals surface area contributed by atoms with E-state index >= 15 is 0 Å². The number of benzene rings is 1. The van der Waals surface area contributed by atoms with E-state index in [4.69, 9.17) is 10.6 Å². The summed E-state index contributed by atoms with van der Waals surface area (Å²) in [7, 11) is 0. The number of nitrogens with zero attached hydrogens (tertiary/aromatic N) is 1. The fourth-order valence-electron chi connectivity index (χ4n) is 1.85. The van der Waals surface area contributed by atoms with Crippen LogP contribution in [0.2, 0.25) is 0 Å². The maximum Gasteiger partial charge on any atom is 0.422 e. The summed E-state index contributed by atoms with van der Waals surface area (Å²) in [5.74, 6) is 6.10. The summed E-state index contributed by atoms with van der Waals surface area (Å²) in [5.41, 5.74) is 4.02. The Hall–Kier alpha value is -2.02. The fourth-order valence-corrected chi connectivity index (χ4v) is 1.85. The molecule has 2 aromatic rings. The molecule has 2 rings (SSSR count). The van der Waals surface area contributed by atoms with Gasteiger partial charge in [-0.1, -0.05) is 6.92 Å². The zero-order chi connectivity index (χ0) is 14.8. The minimum Gasteiger partial charge on any atom is -0.484 e. The van der Waals surface area contributed by atoms with Crippen LogP contribution >= 0.6 is 0 Å². The van der Waals surface area contributed by atoms with Crippen LogP contribution in [0, 0.1) is 0 Å². The van der Waals surface area contributed by atoms with Crippen LogP contribution < -0.4 is 16.0 Å². The number of hydrogen-bond acceptors (Lipinski definition) is 4. The number of hydrazine groups is 1. The monoisotopic (exact) mass is 285 g/mol. The van der Waals surface area contributed by atoms with Crippen molar-refractivity contribution >= 4 is 16.7 Å². The van der Waals surface area contributed by atoms with Gasteiger partial charge in [0.1, 0.15) is 11.6 Å². The summed E-state index contributed by atoms with van der Waals surface area (Å²) in [6, 6.07) is 6.42. The second-order valence-electron chi connectivity index (χ2n) is 4.25. The molecule has 0 unspecified atom stereocenters.